The molecule has 1 heterocycles. The van der Waals surface area contributed by atoms with Crippen molar-refractivity contribution in [3.05, 3.63) is 23.4 Å². The van der Waals surface area contributed by atoms with Crippen molar-refractivity contribution in [1.29, 1.82) is 0 Å². The largest absolute Gasteiger partial charge is 0.358 e. The summed E-state index contributed by atoms with van der Waals surface area (Å²) in [5.41, 5.74) is 0. The summed E-state index contributed by atoms with van der Waals surface area (Å²) in [5.74, 6) is 1.66. The number of halogens is 2. The van der Waals surface area contributed by atoms with Gasteiger partial charge in [-0.05, 0) is 30.9 Å². The molecule has 1 aromatic heterocycles. The van der Waals surface area contributed by atoms with Crippen LogP contribution in [0.15, 0.2) is 18.3 Å². The van der Waals surface area contributed by atoms with Crippen LogP contribution in [0.5, 0.6) is 0 Å². The lowest BCUT2D eigenvalue weighted by Gasteiger charge is -2.34. The van der Waals surface area contributed by atoms with Gasteiger partial charge in [-0.15, -0.1) is 0 Å². The van der Waals surface area contributed by atoms with Crippen LogP contribution in [0.1, 0.15) is 12.8 Å². The Hall–Kier alpha value is -0.280. The number of pyridine rings is 1. The summed E-state index contributed by atoms with van der Waals surface area (Å²) in [7, 11) is 2.05. The lowest BCUT2D eigenvalue weighted by atomic mass is 9.85. The maximum Gasteiger partial charge on any atom is 0.147 e. The fourth-order valence-electron chi connectivity index (χ4n) is 1.94. The second-order valence-corrected chi connectivity index (χ2v) is 5.83. The molecule has 0 amide bonds. The molecule has 2 nitrogen and oxygen atoms in total. The summed E-state index contributed by atoms with van der Waals surface area (Å²) in [6.45, 7) is 1.04. The van der Waals surface area contributed by atoms with E-state index in [4.69, 9.17) is 11.6 Å². The molecule has 0 aromatic carbocycles. The molecular formula is C11H14BrClN2. The molecule has 15 heavy (non-hydrogen) atoms. The molecule has 0 unspecified atom stereocenters. The van der Waals surface area contributed by atoms with Crippen LogP contribution in [0.4, 0.5) is 5.82 Å². The van der Waals surface area contributed by atoms with Crippen LogP contribution in [-0.4, -0.2) is 23.4 Å². The molecule has 1 fully saturated rings. The number of alkyl halides is 1. The Kier molecular flexibility index (Phi) is 3.52. The van der Waals surface area contributed by atoms with E-state index in [1.165, 1.54) is 12.8 Å². The van der Waals surface area contributed by atoms with Gasteiger partial charge in [-0.3, -0.25) is 0 Å². The number of anilines is 1. The third kappa shape index (κ3) is 2.64. The number of hydrogen-bond donors (Lipinski definition) is 0. The Labute approximate surface area is 104 Å². The minimum atomic E-state index is 0.718. The van der Waals surface area contributed by atoms with Gasteiger partial charge in [-0.25, -0.2) is 4.98 Å². The quantitative estimate of drug-likeness (QED) is 0.793. The highest BCUT2D eigenvalue weighted by molar-refractivity contribution is 9.09. The fourth-order valence-corrected chi connectivity index (χ4v) is 3.26. The van der Waals surface area contributed by atoms with Crippen LogP contribution in [0.2, 0.25) is 5.02 Å². The smallest absolute Gasteiger partial charge is 0.147 e. The zero-order valence-corrected chi connectivity index (χ0v) is 11.0. The molecule has 0 atom stereocenters. The average Bonchev–Trinajstić information content (AvgIpc) is 2.16. The van der Waals surface area contributed by atoms with Gasteiger partial charge in [-0.1, -0.05) is 27.5 Å². The van der Waals surface area contributed by atoms with Crippen LogP contribution in [0.25, 0.3) is 0 Å². The molecule has 1 aliphatic rings. The lowest BCUT2D eigenvalue weighted by molar-refractivity contribution is 0.338. The molecule has 1 aliphatic carbocycles. The van der Waals surface area contributed by atoms with E-state index in [0.717, 1.165) is 28.1 Å². The van der Waals surface area contributed by atoms with E-state index >= 15 is 0 Å². The van der Waals surface area contributed by atoms with Gasteiger partial charge in [0.25, 0.3) is 0 Å². The van der Waals surface area contributed by atoms with Crippen molar-refractivity contribution in [1.82, 2.24) is 4.98 Å². The third-order valence-electron chi connectivity index (χ3n) is 2.81. The third-order valence-corrected chi connectivity index (χ3v) is 3.85. The van der Waals surface area contributed by atoms with Gasteiger partial charge in [0.2, 0.25) is 0 Å². The lowest BCUT2D eigenvalue weighted by Crippen LogP contribution is -2.35. The maximum absolute atomic E-state index is 6.08. The van der Waals surface area contributed by atoms with Gasteiger partial charge >= 0.3 is 0 Å². The molecular weight excluding hydrogens is 275 g/mol. The molecule has 1 saturated carbocycles. The number of rotatable bonds is 3. The fraction of sp³-hybridized carbons (Fsp3) is 0.545. The topological polar surface area (TPSA) is 16.1 Å². The molecule has 1 aromatic rings. The summed E-state index contributed by atoms with van der Waals surface area (Å²) < 4.78 is 0. The summed E-state index contributed by atoms with van der Waals surface area (Å²) in [4.78, 5) is 7.15. The van der Waals surface area contributed by atoms with E-state index in [1.54, 1.807) is 6.20 Å². The van der Waals surface area contributed by atoms with Crippen LogP contribution in [0, 0.1) is 5.92 Å². The number of nitrogens with zero attached hydrogens (tertiary/aromatic N) is 2. The van der Waals surface area contributed by atoms with E-state index in [9.17, 15) is 0 Å². The van der Waals surface area contributed by atoms with Gasteiger partial charge in [0, 0.05) is 24.6 Å². The Morgan fingerprint density at radius 3 is 2.93 bits per heavy atom. The molecule has 82 valence electrons. The summed E-state index contributed by atoms with van der Waals surface area (Å²) >= 11 is 9.68. The Morgan fingerprint density at radius 2 is 2.33 bits per heavy atom. The molecule has 0 radical (unpaired) electrons. The molecule has 0 spiro atoms. The van der Waals surface area contributed by atoms with Gasteiger partial charge < -0.3 is 4.90 Å². The normalized spacial score (nSPS) is 24.7. The van der Waals surface area contributed by atoms with Gasteiger partial charge in [0.05, 0.1) is 5.02 Å². The van der Waals surface area contributed by atoms with E-state index in [2.05, 4.69) is 32.9 Å². The highest BCUT2D eigenvalue weighted by Gasteiger charge is 2.28. The van der Waals surface area contributed by atoms with Gasteiger partial charge in [0.1, 0.15) is 5.82 Å². The molecule has 0 bridgehead atoms. The van der Waals surface area contributed by atoms with Gasteiger partial charge in [0.15, 0.2) is 0 Å². The minimum Gasteiger partial charge on any atom is -0.358 e. The van der Waals surface area contributed by atoms with E-state index < -0.39 is 0 Å². The van der Waals surface area contributed by atoms with Crippen molar-refractivity contribution in [2.75, 3.05) is 18.5 Å². The molecule has 0 aliphatic heterocycles. The Bertz CT molecular complexity index is 339. The van der Waals surface area contributed by atoms with Crippen LogP contribution >= 0.6 is 27.5 Å². The second-order valence-electron chi connectivity index (χ2n) is 4.12. The van der Waals surface area contributed by atoms with Crippen LogP contribution < -0.4 is 4.90 Å². The highest BCUT2D eigenvalue weighted by atomic mass is 79.9. The first-order valence-corrected chi connectivity index (χ1v) is 6.42. The second kappa shape index (κ2) is 4.71. The zero-order chi connectivity index (χ0) is 10.8. The summed E-state index contributed by atoms with van der Waals surface area (Å²) in [5, 5.41) is 0.731. The molecule has 2 rings (SSSR count). The predicted molar refractivity (Wildman–Crippen MR) is 68.0 cm³/mol. The molecule has 0 N–H and O–H groups in total. The van der Waals surface area contributed by atoms with Crippen molar-refractivity contribution in [3.63, 3.8) is 0 Å². The predicted octanol–water partition coefficient (Wildman–Crippen LogP) is 3.34. The minimum absolute atomic E-state index is 0.718. The Balaban J connectivity index is 1.96. The first-order chi connectivity index (χ1) is 7.16. The zero-order valence-electron chi connectivity index (χ0n) is 8.66. The van der Waals surface area contributed by atoms with E-state index in [0.29, 0.717) is 0 Å². The average molecular weight is 290 g/mol. The van der Waals surface area contributed by atoms with Crippen LogP contribution in [0.3, 0.4) is 0 Å². The first kappa shape index (κ1) is 11.2. The molecule has 4 heteroatoms. The maximum atomic E-state index is 6.08. The van der Waals surface area contributed by atoms with Crippen molar-refractivity contribution >= 4 is 33.3 Å². The van der Waals surface area contributed by atoms with Crippen molar-refractivity contribution < 1.29 is 0 Å². The van der Waals surface area contributed by atoms with Crippen molar-refractivity contribution in [2.24, 2.45) is 5.92 Å². The molecule has 0 saturated heterocycles. The highest BCUT2D eigenvalue weighted by Crippen LogP contribution is 2.34. The standard InChI is InChI=1S/C11H14BrClN2/c1-15(7-8-5-9(12)6-8)11-10(13)3-2-4-14-11/h2-4,8-9H,5-7H2,1H3. The Morgan fingerprint density at radius 1 is 1.60 bits per heavy atom. The number of hydrogen-bond acceptors (Lipinski definition) is 2. The first-order valence-electron chi connectivity index (χ1n) is 5.12. The van der Waals surface area contributed by atoms with Crippen LogP contribution in [-0.2, 0) is 0 Å². The van der Waals surface area contributed by atoms with E-state index in [1.807, 2.05) is 12.1 Å². The SMILES string of the molecule is CN(CC1CC(Br)C1)c1ncccc1Cl. The summed E-state index contributed by atoms with van der Waals surface area (Å²) in [6.07, 6.45) is 4.30. The van der Waals surface area contributed by atoms with Crippen molar-refractivity contribution in [2.45, 2.75) is 17.7 Å². The monoisotopic (exact) mass is 288 g/mol. The summed E-state index contributed by atoms with van der Waals surface area (Å²) in [6, 6.07) is 3.74. The van der Waals surface area contributed by atoms with E-state index in [-0.39, 0.29) is 0 Å². The number of aromatic nitrogens is 1. The van der Waals surface area contributed by atoms with Gasteiger partial charge in [-0.2, -0.15) is 0 Å². The van der Waals surface area contributed by atoms with Crippen molar-refractivity contribution in [3.8, 4) is 0 Å².